The molecule has 0 radical (unpaired) electrons. The first-order valence-corrected chi connectivity index (χ1v) is 9.93. The Kier molecular flexibility index (Phi) is 6.05. The van der Waals surface area contributed by atoms with Crippen molar-refractivity contribution in [3.8, 4) is 0 Å². The molecule has 1 aliphatic heterocycles. The van der Waals surface area contributed by atoms with Crippen molar-refractivity contribution in [2.24, 2.45) is 0 Å². The second-order valence-corrected chi connectivity index (χ2v) is 8.42. The number of piperidine rings is 1. The molecule has 0 N–H and O–H groups in total. The molecule has 1 heterocycles. The molecule has 1 saturated heterocycles. The van der Waals surface area contributed by atoms with Crippen LogP contribution in [-0.2, 0) is 20.9 Å². The minimum absolute atomic E-state index is 0.179. The van der Waals surface area contributed by atoms with E-state index in [1.54, 1.807) is 0 Å². The normalized spacial score (nSPS) is 23.6. The molecule has 0 bridgehead atoms. The molecule has 0 aromatic heterocycles. The van der Waals surface area contributed by atoms with Crippen molar-refractivity contribution >= 4 is 5.97 Å². The van der Waals surface area contributed by atoms with E-state index >= 15 is 0 Å². The maximum atomic E-state index is 13.3. The van der Waals surface area contributed by atoms with Gasteiger partial charge in [-0.1, -0.05) is 48.9 Å². The molecule has 146 valence electrons. The van der Waals surface area contributed by atoms with Crippen LogP contribution in [0.2, 0.25) is 0 Å². The van der Waals surface area contributed by atoms with Gasteiger partial charge in [-0.05, 0) is 58.3 Å². The van der Waals surface area contributed by atoms with Crippen molar-refractivity contribution in [2.45, 2.75) is 64.2 Å². The van der Waals surface area contributed by atoms with Crippen molar-refractivity contribution in [1.82, 2.24) is 4.90 Å². The number of carbonyl (C=O) groups excluding carboxylic acids is 1. The van der Waals surface area contributed by atoms with Gasteiger partial charge in [0, 0.05) is 6.42 Å². The van der Waals surface area contributed by atoms with Crippen molar-refractivity contribution < 1.29 is 14.3 Å². The van der Waals surface area contributed by atoms with Crippen LogP contribution in [0.25, 0.3) is 0 Å². The van der Waals surface area contributed by atoms with Crippen LogP contribution < -0.4 is 0 Å². The summed E-state index contributed by atoms with van der Waals surface area (Å²) in [4.78, 5) is 15.5. The van der Waals surface area contributed by atoms with E-state index in [1.807, 2.05) is 69.3 Å². The lowest BCUT2D eigenvalue weighted by Gasteiger charge is -2.44. The summed E-state index contributed by atoms with van der Waals surface area (Å²) in [5.41, 5.74) is -0.164. The Balaban J connectivity index is 1.77. The van der Waals surface area contributed by atoms with E-state index in [4.69, 9.17) is 9.47 Å². The third-order valence-corrected chi connectivity index (χ3v) is 5.04. The Bertz CT molecular complexity index is 696. The highest BCUT2D eigenvalue weighted by Crippen LogP contribution is 2.35. The van der Waals surface area contributed by atoms with Gasteiger partial charge in [-0.2, -0.15) is 0 Å². The van der Waals surface area contributed by atoms with Gasteiger partial charge in [0.05, 0.1) is 5.76 Å². The summed E-state index contributed by atoms with van der Waals surface area (Å²) in [6.45, 7) is 8.09. The summed E-state index contributed by atoms with van der Waals surface area (Å²) < 4.78 is 11.9. The van der Waals surface area contributed by atoms with Crippen LogP contribution in [-0.4, -0.2) is 35.1 Å². The second kappa shape index (κ2) is 8.30. The lowest BCUT2D eigenvalue weighted by Crippen LogP contribution is -2.57. The Labute approximate surface area is 162 Å². The monoisotopic (exact) mass is 369 g/mol. The SMILES string of the molecule is CC(C)(C)OC(=O)[C@@]1(N2CCCCC2)C=CC=C(OCc2ccccc2)C1. The largest absolute Gasteiger partial charge is 0.493 e. The van der Waals surface area contributed by atoms with Crippen LogP contribution in [0.5, 0.6) is 0 Å². The standard InChI is InChI=1S/C23H31NO3/c1-22(2,3)27-21(25)23(24-15-8-5-9-16-24)14-10-13-20(17-23)26-18-19-11-6-4-7-12-19/h4,6-7,10-14H,5,8-9,15-18H2,1-3H3/t23-/m1/s1. The van der Waals surface area contributed by atoms with E-state index in [2.05, 4.69) is 4.90 Å². The smallest absolute Gasteiger partial charge is 0.331 e. The quantitative estimate of drug-likeness (QED) is 0.710. The van der Waals surface area contributed by atoms with E-state index in [0.717, 1.165) is 37.3 Å². The fraction of sp³-hybridized carbons (Fsp3) is 0.522. The first kappa shape index (κ1) is 19.7. The summed E-state index contributed by atoms with van der Waals surface area (Å²) in [5, 5.41) is 0. The van der Waals surface area contributed by atoms with Crippen LogP contribution in [0.15, 0.2) is 54.3 Å². The number of rotatable bonds is 5. The van der Waals surface area contributed by atoms with E-state index < -0.39 is 11.1 Å². The Morgan fingerprint density at radius 2 is 1.81 bits per heavy atom. The lowest BCUT2D eigenvalue weighted by atomic mass is 9.86. The van der Waals surface area contributed by atoms with Gasteiger partial charge in [0.15, 0.2) is 0 Å². The molecule has 2 aliphatic rings. The maximum absolute atomic E-state index is 13.3. The molecule has 0 amide bonds. The minimum atomic E-state index is -0.769. The van der Waals surface area contributed by atoms with Gasteiger partial charge in [0.1, 0.15) is 17.7 Å². The van der Waals surface area contributed by atoms with Crippen molar-refractivity contribution in [1.29, 1.82) is 0 Å². The van der Waals surface area contributed by atoms with Gasteiger partial charge in [0.2, 0.25) is 0 Å². The molecule has 4 nitrogen and oxygen atoms in total. The topological polar surface area (TPSA) is 38.8 Å². The number of nitrogens with zero attached hydrogens (tertiary/aromatic N) is 1. The van der Waals surface area contributed by atoms with Crippen LogP contribution in [0.4, 0.5) is 0 Å². The van der Waals surface area contributed by atoms with Crippen molar-refractivity contribution in [3.63, 3.8) is 0 Å². The first-order chi connectivity index (χ1) is 12.9. The lowest BCUT2D eigenvalue weighted by molar-refractivity contribution is -0.168. The van der Waals surface area contributed by atoms with Crippen LogP contribution in [0, 0.1) is 0 Å². The predicted molar refractivity (Wildman–Crippen MR) is 107 cm³/mol. The summed E-state index contributed by atoms with van der Waals surface area (Å²) in [6.07, 6.45) is 9.88. The Morgan fingerprint density at radius 1 is 1.11 bits per heavy atom. The highest BCUT2D eigenvalue weighted by Gasteiger charge is 2.47. The van der Waals surface area contributed by atoms with E-state index in [1.165, 1.54) is 6.42 Å². The van der Waals surface area contributed by atoms with Gasteiger partial charge < -0.3 is 9.47 Å². The number of likely N-dealkylation sites (tertiary alicyclic amines) is 1. The molecule has 1 aromatic carbocycles. The van der Waals surface area contributed by atoms with E-state index in [-0.39, 0.29) is 5.97 Å². The molecule has 1 aliphatic carbocycles. The molecular formula is C23H31NO3. The summed E-state index contributed by atoms with van der Waals surface area (Å²) >= 11 is 0. The van der Waals surface area contributed by atoms with Crippen molar-refractivity contribution in [2.75, 3.05) is 13.1 Å². The first-order valence-electron chi connectivity index (χ1n) is 9.93. The average Bonchev–Trinajstić information content (AvgIpc) is 2.67. The molecule has 1 fully saturated rings. The summed E-state index contributed by atoms with van der Waals surface area (Å²) in [6, 6.07) is 10.1. The second-order valence-electron chi connectivity index (χ2n) is 8.42. The van der Waals surface area contributed by atoms with Crippen LogP contribution >= 0.6 is 0 Å². The number of benzene rings is 1. The number of carbonyl (C=O) groups is 1. The zero-order chi connectivity index (χ0) is 19.3. The zero-order valence-electron chi connectivity index (χ0n) is 16.7. The zero-order valence-corrected chi connectivity index (χ0v) is 16.7. The Morgan fingerprint density at radius 3 is 2.48 bits per heavy atom. The average molecular weight is 370 g/mol. The molecule has 0 unspecified atom stereocenters. The van der Waals surface area contributed by atoms with Crippen molar-refractivity contribution in [3.05, 3.63) is 59.9 Å². The van der Waals surface area contributed by atoms with Gasteiger partial charge in [0.25, 0.3) is 0 Å². The molecule has 4 heteroatoms. The highest BCUT2D eigenvalue weighted by molar-refractivity contribution is 5.85. The minimum Gasteiger partial charge on any atom is -0.493 e. The number of hydrogen-bond donors (Lipinski definition) is 0. The number of allylic oxidation sites excluding steroid dienone is 2. The molecular weight excluding hydrogens is 338 g/mol. The fourth-order valence-electron chi connectivity index (χ4n) is 3.69. The molecule has 3 rings (SSSR count). The van der Waals surface area contributed by atoms with Gasteiger partial charge in [-0.25, -0.2) is 4.79 Å². The third kappa shape index (κ3) is 5.01. The van der Waals surface area contributed by atoms with Crippen LogP contribution in [0.1, 0.15) is 52.0 Å². The van der Waals surface area contributed by atoms with E-state index in [0.29, 0.717) is 13.0 Å². The molecule has 0 spiro atoms. The van der Waals surface area contributed by atoms with Gasteiger partial charge in [-0.15, -0.1) is 0 Å². The third-order valence-electron chi connectivity index (χ3n) is 5.04. The fourth-order valence-corrected chi connectivity index (χ4v) is 3.69. The molecule has 0 saturated carbocycles. The summed E-state index contributed by atoms with van der Waals surface area (Å²) in [5.74, 6) is 0.653. The molecule has 27 heavy (non-hydrogen) atoms. The van der Waals surface area contributed by atoms with Gasteiger partial charge in [-0.3, -0.25) is 4.90 Å². The molecule has 1 aromatic rings. The molecule has 1 atom stereocenters. The predicted octanol–water partition coefficient (Wildman–Crippen LogP) is 4.61. The maximum Gasteiger partial charge on any atom is 0.331 e. The number of hydrogen-bond acceptors (Lipinski definition) is 4. The highest BCUT2D eigenvalue weighted by atomic mass is 16.6. The summed E-state index contributed by atoms with van der Waals surface area (Å²) in [7, 11) is 0. The van der Waals surface area contributed by atoms with Gasteiger partial charge >= 0.3 is 5.97 Å². The van der Waals surface area contributed by atoms with Crippen LogP contribution in [0.3, 0.4) is 0 Å². The number of ether oxygens (including phenoxy) is 2. The Hall–Kier alpha value is -2.07. The number of esters is 1. The van der Waals surface area contributed by atoms with E-state index in [9.17, 15) is 4.79 Å².